The first-order chi connectivity index (χ1) is 12.4. The van der Waals surface area contributed by atoms with Gasteiger partial charge in [-0.05, 0) is 37.5 Å². The highest BCUT2D eigenvalue weighted by Crippen LogP contribution is 2.13. The Labute approximate surface area is 154 Å². The number of anilines is 1. The zero-order valence-electron chi connectivity index (χ0n) is 15.7. The molecule has 0 radical (unpaired) electrons. The fraction of sp³-hybridized carbons (Fsp3) is 0.579. The van der Waals surface area contributed by atoms with Crippen LogP contribution in [0.15, 0.2) is 24.3 Å². The van der Waals surface area contributed by atoms with Crippen molar-refractivity contribution < 1.29 is 18.7 Å². The molecule has 1 fully saturated rings. The van der Waals surface area contributed by atoms with E-state index < -0.39 is 0 Å². The normalized spacial score (nSPS) is 16.9. The Balaban J connectivity index is 1.87. The number of hydrogen-bond acceptors (Lipinski definition) is 4. The Morgan fingerprint density at radius 3 is 2.65 bits per heavy atom. The molecule has 144 valence electrons. The summed E-state index contributed by atoms with van der Waals surface area (Å²) in [6, 6.07) is 5.47. The second kappa shape index (κ2) is 9.52. The quantitative estimate of drug-likeness (QED) is 0.871. The Hall–Kier alpha value is -2.15. The number of nitrogens with zero attached hydrogens (tertiary/aromatic N) is 2. The van der Waals surface area contributed by atoms with Crippen LogP contribution in [-0.4, -0.2) is 60.6 Å². The van der Waals surface area contributed by atoms with E-state index in [1.54, 1.807) is 17.0 Å². The van der Waals surface area contributed by atoms with Gasteiger partial charge < -0.3 is 15.0 Å². The second-order valence-corrected chi connectivity index (χ2v) is 7.02. The van der Waals surface area contributed by atoms with Gasteiger partial charge in [0.15, 0.2) is 0 Å². The van der Waals surface area contributed by atoms with Crippen molar-refractivity contribution in [2.45, 2.75) is 33.2 Å². The van der Waals surface area contributed by atoms with E-state index >= 15 is 0 Å². The van der Waals surface area contributed by atoms with Crippen molar-refractivity contribution in [2.75, 3.05) is 38.1 Å². The molecule has 1 aromatic carbocycles. The number of hydrogen-bond donors (Lipinski definition) is 1. The SMILES string of the molecule is CC(C)COC(=O)N1CCCN(C(C)C(=O)Nc2cccc(F)c2)CC1. The van der Waals surface area contributed by atoms with Gasteiger partial charge >= 0.3 is 6.09 Å². The summed E-state index contributed by atoms with van der Waals surface area (Å²) in [6.07, 6.45) is 0.478. The average molecular weight is 365 g/mol. The first kappa shape index (κ1) is 20.2. The minimum Gasteiger partial charge on any atom is -0.449 e. The summed E-state index contributed by atoms with van der Waals surface area (Å²) < 4.78 is 18.5. The summed E-state index contributed by atoms with van der Waals surface area (Å²) in [4.78, 5) is 28.3. The van der Waals surface area contributed by atoms with Crippen molar-refractivity contribution in [2.24, 2.45) is 5.92 Å². The van der Waals surface area contributed by atoms with Crippen LogP contribution in [0.4, 0.5) is 14.9 Å². The monoisotopic (exact) mass is 365 g/mol. The molecule has 1 aliphatic heterocycles. The summed E-state index contributed by atoms with van der Waals surface area (Å²) in [6.45, 7) is 8.67. The topological polar surface area (TPSA) is 61.9 Å². The minimum atomic E-state index is -0.388. The van der Waals surface area contributed by atoms with Crippen LogP contribution in [-0.2, 0) is 9.53 Å². The predicted molar refractivity (Wildman–Crippen MR) is 98.4 cm³/mol. The van der Waals surface area contributed by atoms with Gasteiger partial charge in [0.1, 0.15) is 5.82 Å². The largest absolute Gasteiger partial charge is 0.449 e. The lowest BCUT2D eigenvalue weighted by atomic mass is 10.2. The van der Waals surface area contributed by atoms with Crippen molar-refractivity contribution in [1.82, 2.24) is 9.80 Å². The third-order valence-corrected chi connectivity index (χ3v) is 4.35. The number of amides is 2. The van der Waals surface area contributed by atoms with Crippen LogP contribution in [0.3, 0.4) is 0 Å². The van der Waals surface area contributed by atoms with Crippen molar-refractivity contribution >= 4 is 17.7 Å². The first-order valence-corrected chi connectivity index (χ1v) is 9.09. The van der Waals surface area contributed by atoms with Crippen LogP contribution in [0.2, 0.25) is 0 Å². The van der Waals surface area contributed by atoms with Crippen LogP contribution in [0.25, 0.3) is 0 Å². The molecule has 1 aromatic rings. The molecule has 1 N–H and O–H groups in total. The zero-order chi connectivity index (χ0) is 19.1. The van der Waals surface area contributed by atoms with Gasteiger partial charge in [-0.15, -0.1) is 0 Å². The number of carbonyl (C=O) groups is 2. The molecule has 0 aliphatic carbocycles. The van der Waals surface area contributed by atoms with Gasteiger partial charge in [0, 0.05) is 31.9 Å². The lowest BCUT2D eigenvalue weighted by Gasteiger charge is -2.27. The van der Waals surface area contributed by atoms with E-state index in [0.717, 1.165) is 6.42 Å². The molecular weight excluding hydrogens is 337 g/mol. The highest BCUT2D eigenvalue weighted by atomic mass is 19.1. The number of ether oxygens (including phenoxy) is 1. The van der Waals surface area contributed by atoms with Crippen LogP contribution in [0.1, 0.15) is 27.2 Å². The fourth-order valence-corrected chi connectivity index (χ4v) is 2.82. The third kappa shape index (κ3) is 5.98. The number of carbonyl (C=O) groups excluding carboxylic acids is 2. The summed E-state index contributed by atoms with van der Waals surface area (Å²) >= 11 is 0. The van der Waals surface area contributed by atoms with E-state index in [1.165, 1.54) is 12.1 Å². The Morgan fingerprint density at radius 2 is 1.96 bits per heavy atom. The molecule has 2 amide bonds. The minimum absolute atomic E-state index is 0.188. The molecule has 6 nitrogen and oxygen atoms in total. The predicted octanol–water partition coefficient (Wildman–Crippen LogP) is 2.95. The van der Waals surface area contributed by atoms with Gasteiger partial charge in [0.2, 0.25) is 5.91 Å². The maximum absolute atomic E-state index is 13.2. The van der Waals surface area contributed by atoms with Gasteiger partial charge in [-0.25, -0.2) is 9.18 Å². The van der Waals surface area contributed by atoms with Gasteiger partial charge in [0.05, 0.1) is 12.6 Å². The van der Waals surface area contributed by atoms with Gasteiger partial charge in [-0.3, -0.25) is 9.69 Å². The molecule has 1 unspecified atom stereocenters. The smallest absolute Gasteiger partial charge is 0.409 e. The van der Waals surface area contributed by atoms with Gasteiger partial charge in [-0.2, -0.15) is 0 Å². The summed E-state index contributed by atoms with van der Waals surface area (Å²) in [5, 5.41) is 2.74. The molecule has 0 aromatic heterocycles. The van der Waals surface area contributed by atoms with E-state index in [4.69, 9.17) is 4.74 Å². The second-order valence-electron chi connectivity index (χ2n) is 7.02. The summed E-state index contributed by atoms with van der Waals surface area (Å²) in [7, 11) is 0. The van der Waals surface area contributed by atoms with Gasteiger partial charge in [-0.1, -0.05) is 19.9 Å². The van der Waals surface area contributed by atoms with Crippen LogP contribution >= 0.6 is 0 Å². The maximum atomic E-state index is 13.2. The Morgan fingerprint density at radius 1 is 1.19 bits per heavy atom. The van der Waals surface area contributed by atoms with E-state index in [0.29, 0.717) is 44.4 Å². The highest BCUT2D eigenvalue weighted by molar-refractivity contribution is 5.94. The van der Waals surface area contributed by atoms with Gasteiger partial charge in [0.25, 0.3) is 0 Å². The standard InChI is InChI=1S/C19H28FN3O3/c1-14(2)13-26-19(25)23-9-5-8-22(10-11-23)15(3)18(24)21-17-7-4-6-16(20)12-17/h4,6-7,12,14-15H,5,8-11,13H2,1-3H3,(H,21,24). The molecule has 0 bridgehead atoms. The molecule has 1 heterocycles. The summed E-state index contributed by atoms with van der Waals surface area (Å²) in [5.74, 6) is -0.277. The molecule has 0 spiro atoms. The molecular formula is C19H28FN3O3. The van der Waals surface area contributed by atoms with E-state index in [1.807, 2.05) is 25.7 Å². The van der Waals surface area contributed by atoms with Crippen LogP contribution in [0.5, 0.6) is 0 Å². The molecule has 1 aliphatic rings. The summed E-state index contributed by atoms with van der Waals surface area (Å²) in [5.41, 5.74) is 0.440. The molecule has 1 saturated heterocycles. The zero-order valence-corrected chi connectivity index (χ0v) is 15.7. The molecule has 0 saturated carbocycles. The van der Waals surface area contributed by atoms with Crippen molar-refractivity contribution in [3.63, 3.8) is 0 Å². The van der Waals surface area contributed by atoms with E-state index in [9.17, 15) is 14.0 Å². The van der Waals surface area contributed by atoms with Crippen molar-refractivity contribution in [3.8, 4) is 0 Å². The first-order valence-electron chi connectivity index (χ1n) is 9.09. The van der Waals surface area contributed by atoms with E-state index in [2.05, 4.69) is 5.32 Å². The number of halogens is 1. The van der Waals surface area contributed by atoms with Crippen LogP contribution in [0, 0.1) is 11.7 Å². The van der Waals surface area contributed by atoms with Crippen molar-refractivity contribution in [3.05, 3.63) is 30.1 Å². The molecule has 2 rings (SSSR count). The Kier molecular flexibility index (Phi) is 7.38. The molecule has 26 heavy (non-hydrogen) atoms. The molecule has 1 atom stereocenters. The van der Waals surface area contributed by atoms with Crippen molar-refractivity contribution in [1.29, 1.82) is 0 Å². The molecule has 7 heteroatoms. The van der Waals surface area contributed by atoms with E-state index in [-0.39, 0.29) is 23.9 Å². The fourth-order valence-electron chi connectivity index (χ4n) is 2.82. The third-order valence-electron chi connectivity index (χ3n) is 4.35. The Bertz CT molecular complexity index is 624. The lowest BCUT2D eigenvalue weighted by molar-refractivity contribution is -0.120. The number of nitrogens with one attached hydrogen (secondary N) is 1. The average Bonchev–Trinajstić information content (AvgIpc) is 2.85. The maximum Gasteiger partial charge on any atom is 0.409 e. The highest BCUT2D eigenvalue weighted by Gasteiger charge is 2.26. The van der Waals surface area contributed by atoms with Crippen LogP contribution < -0.4 is 5.32 Å². The number of rotatable bonds is 5. The lowest BCUT2D eigenvalue weighted by Crippen LogP contribution is -2.44. The number of benzene rings is 1.